The maximum atomic E-state index is 13.8. The summed E-state index contributed by atoms with van der Waals surface area (Å²) in [4.78, 5) is 17.8. The van der Waals surface area contributed by atoms with Gasteiger partial charge < -0.3 is 9.64 Å². The summed E-state index contributed by atoms with van der Waals surface area (Å²) in [6.07, 6.45) is 4.95. The molecule has 0 unspecified atom stereocenters. The molecule has 2 bridgehead atoms. The Morgan fingerprint density at radius 3 is 2.68 bits per heavy atom. The minimum absolute atomic E-state index is 0.266. The molecule has 5 rings (SSSR count). The Hall–Kier alpha value is -2.40. The molecule has 3 fully saturated rings. The number of rotatable bonds is 5. The molecule has 3 heterocycles. The van der Waals surface area contributed by atoms with Crippen LogP contribution in [0.2, 0.25) is 0 Å². The zero-order valence-corrected chi connectivity index (χ0v) is 18.2. The summed E-state index contributed by atoms with van der Waals surface area (Å²) in [7, 11) is 1.51. The van der Waals surface area contributed by atoms with Crippen LogP contribution in [0.15, 0.2) is 48.5 Å². The molecule has 0 saturated carbocycles. The van der Waals surface area contributed by atoms with Gasteiger partial charge in [-0.25, -0.2) is 4.39 Å². The van der Waals surface area contributed by atoms with E-state index in [1.165, 1.54) is 25.2 Å². The third-order valence-electron chi connectivity index (χ3n) is 7.48. The van der Waals surface area contributed by atoms with Crippen LogP contribution in [0, 0.1) is 17.7 Å². The molecule has 4 atom stereocenters. The second-order valence-electron chi connectivity index (χ2n) is 9.44. The van der Waals surface area contributed by atoms with E-state index < -0.39 is 0 Å². The van der Waals surface area contributed by atoms with Crippen molar-refractivity contribution in [2.75, 3.05) is 20.2 Å². The molecular formula is C26H31FN2O2. The van der Waals surface area contributed by atoms with E-state index in [1.54, 1.807) is 0 Å². The number of nitrogens with zero attached hydrogens (tertiary/aromatic N) is 2. The number of hydrogen-bond acceptors (Lipinski definition) is 3. The van der Waals surface area contributed by atoms with Crippen LogP contribution in [0.25, 0.3) is 0 Å². The van der Waals surface area contributed by atoms with E-state index in [9.17, 15) is 9.18 Å². The van der Waals surface area contributed by atoms with Crippen LogP contribution in [-0.2, 0) is 17.8 Å². The molecule has 4 nitrogen and oxygen atoms in total. The maximum absolute atomic E-state index is 13.8. The molecule has 164 valence electrons. The van der Waals surface area contributed by atoms with E-state index in [0.717, 1.165) is 44.5 Å². The number of carbonyl (C=O) groups is 1. The number of hydrogen-bond donors (Lipinski definition) is 0. The van der Waals surface area contributed by atoms with E-state index >= 15 is 0 Å². The van der Waals surface area contributed by atoms with Gasteiger partial charge in [0.1, 0.15) is 0 Å². The summed E-state index contributed by atoms with van der Waals surface area (Å²) in [5.74, 6) is 1.34. The van der Waals surface area contributed by atoms with Crippen molar-refractivity contribution in [3.63, 3.8) is 0 Å². The lowest BCUT2D eigenvalue weighted by Crippen LogP contribution is -2.65. The highest BCUT2D eigenvalue weighted by atomic mass is 19.1. The average molecular weight is 423 g/mol. The molecule has 31 heavy (non-hydrogen) atoms. The number of carbonyl (C=O) groups excluding carboxylic acids is 1. The molecule has 3 saturated heterocycles. The molecule has 3 aliphatic heterocycles. The molecule has 0 aromatic heterocycles. The van der Waals surface area contributed by atoms with Gasteiger partial charge in [-0.15, -0.1) is 0 Å². The van der Waals surface area contributed by atoms with Crippen LogP contribution in [0.1, 0.15) is 36.8 Å². The van der Waals surface area contributed by atoms with Crippen LogP contribution >= 0.6 is 0 Å². The van der Waals surface area contributed by atoms with E-state index in [1.807, 2.05) is 12.1 Å². The number of piperidine rings is 3. The molecule has 0 spiro atoms. The summed E-state index contributed by atoms with van der Waals surface area (Å²) < 4.78 is 19.0. The first-order chi connectivity index (χ1) is 15.1. The Labute approximate surface area is 184 Å². The van der Waals surface area contributed by atoms with E-state index in [4.69, 9.17) is 4.74 Å². The lowest BCUT2D eigenvalue weighted by Gasteiger charge is -2.57. The Kier molecular flexibility index (Phi) is 5.70. The Balaban J connectivity index is 1.39. The van der Waals surface area contributed by atoms with Gasteiger partial charge in [-0.05, 0) is 60.8 Å². The fraction of sp³-hybridized carbons (Fsp3) is 0.500. The molecular weight excluding hydrogens is 391 g/mol. The standard InChI is InChI=1S/C26H31FN2O2/c1-31-25-13-19(10-11-22(25)27)15-28-16-20-14-21(17-28)24(12-18-6-3-2-4-7-18)29-23(20)8-5-9-26(29)30/h2-4,6-7,10-11,13,20-21,23-24H,5,8-9,12,14-17H2,1H3/t20-,21+,23+,24+/m1/s1. The average Bonchev–Trinajstić information content (AvgIpc) is 2.79. The van der Waals surface area contributed by atoms with Crippen molar-refractivity contribution in [3.05, 3.63) is 65.5 Å². The lowest BCUT2D eigenvalue weighted by molar-refractivity contribution is -0.152. The molecule has 3 aliphatic rings. The number of amides is 1. The van der Waals surface area contributed by atoms with Crippen molar-refractivity contribution in [1.82, 2.24) is 9.80 Å². The summed E-state index contributed by atoms with van der Waals surface area (Å²) in [6.45, 7) is 2.77. The predicted molar refractivity (Wildman–Crippen MR) is 118 cm³/mol. The fourth-order valence-electron chi connectivity index (χ4n) is 6.18. The van der Waals surface area contributed by atoms with Gasteiger partial charge in [0.25, 0.3) is 0 Å². The van der Waals surface area contributed by atoms with Gasteiger partial charge in [-0.1, -0.05) is 36.4 Å². The zero-order valence-electron chi connectivity index (χ0n) is 18.2. The van der Waals surface area contributed by atoms with Crippen LogP contribution < -0.4 is 4.74 Å². The van der Waals surface area contributed by atoms with Crippen molar-refractivity contribution in [2.24, 2.45) is 11.8 Å². The van der Waals surface area contributed by atoms with Crippen molar-refractivity contribution in [1.29, 1.82) is 0 Å². The van der Waals surface area contributed by atoms with Gasteiger partial charge >= 0.3 is 0 Å². The maximum Gasteiger partial charge on any atom is 0.223 e. The molecule has 2 aromatic carbocycles. The first-order valence-electron chi connectivity index (χ1n) is 11.5. The summed E-state index contributed by atoms with van der Waals surface area (Å²) in [6, 6.07) is 16.4. The third kappa shape index (κ3) is 4.08. The SMILES string of the molecule is COc1cc(CN2C[C@H]3C[C@@H](C2)[C@H](Cc2ccccc2)N2C(=O)CCC[C@@H]32)ccc1F. The fourth-order valence-corrected chi connectivity index (χ4v) is 6.18. The second-order valence-corrected chi connectivity index (χ2v) is 9.44. The molecule has 0 N–H and O–H groups in total. The van der Waals surface area contributed by atoms with Crippen molar-refractivity contribution in [2.45, 2.75) is 50.7 Å². The van der Waals surface area contributed by atoms with Gasteiger partial charge in [-0.3, -0.25) is 9.69 Å². The predicted octanol–water partition coefficient (Wildman–Crippen LogP) is 4.28. The summed E-state index contributed by atoms with van der Waals surface area (Å²) in [5.41, 5.74) is 2.39. The number of ether oxygens (including phenoxy) is 1. The van der Waals surface area contributed by atoms with E-state index in [2.05, 4.69) is 40.1 Å². The number of halogens is 1. The van der Waals surface area contributed by atoms with Crippen LogP contribution in [0.4, 0.5) is 4.39 Å². The number of methoxy groups -OCH3 is 1. The van der Waals surface area contributed by atoms with Crippen LogP contribution in [0.5, 0.6) is 5.75 Å². The largest absolute Gasteiger partial charge is 0.494 e. The minimum Gasteiger partial charge on any atom is -0.494 e. The van der Waals surface area contributed by atoms with Gasteiger partial charge in [0, 0.05) is 38.1 Å². The molecule has 1 amide bonds. The topological polar surface area (TPSA) is 32.8 Å². The van der Waals surface area contributed by atoms with Gasteiger partial charge in [0.05, 0.1) is 7.11 Å². The quantitative estimate of drug-likeness (QED) is 0.721. The highest BCUT2D eigenvalue weighted by Crippen LogP contribution is 2.43. The van der Waals surface area contributed by atoms with Gasteiger partial charge in [0.15, 0.2) is 11.6 Å². The third-order valence-corrected chi connectivity index (χ3v) is 7.48. The Morgan fingerprint density at radius 1 is 1.06 bits per heavy atom. The monoisotopic (exact) mass is 422 g/mol. The van der Waals surface area contributed by atoms with Crippen molar-refractivity contribution >= 4 is 5.91 Å². The Morgan fingerprint density at radius 2 is 1.87 bits per heavy atom. The molecule has 0 aliphatic carbocycles. The van der Waals surface area contributed by atoms with Crippen molar-refractivity contribution < 1.29 is 13.9 Å². The highest BCUT2D eigenvalue weighted by Gasteiger charge is 2.49. The molecule has 0 radical (unpaired) electrons. The Bertz CT molecular complexity index is 934. The number of likely N-dealkylation sites (tertiary alicyclic amines) is 1. The van der Waals surface area contributed by atoms with E-state index in [0.29, 0.717) is 36.0 Å². The first kappa shape index (κ1) is 20.5. The highest BCUT2D eigenvalue weighted by molar-refractivity contribution is 5.78. The van der Waals surface area contributed by atoms with Crippen LogP contribution in [0.3, 0.4) is 0 Å². The summed E-state index contributed by atoms with van der Waals surface area (Å²) >= 11 is 0. The summed E-state index contributed by atoms with van der Waals surface area (Å²) in [5, 5.41) is 0. The van der Waals surface area contributed by atoms with Crippen LogP contribution in [-0.4, -0.2) is 48.0 Å². The lowest BCUT2D eigenvalue weighted by atomic mass is 9.70. The molecule has 2 aromatic rings. The van der Waals surface area contributed by atoms with Crippen molar-refractivity contribution in [3.8, 4) is 5.75 Å². The van der Waals surface area contributed by atoms with E-state index in [-0.39, 0.29) is 11.9 Å². The van der Waals surface area contributed by atoms with Gasteiger partial charge in [-0.2, -0.15) is 0 Å². The number of fused-ring (bicyclic) bond motifs is 4. The second kappa shape index (κ2) is 8.62. The zero-order chi connectivity index (χ0) is 21.4. The first-order valence-corrected chi connectivity index (χ1v) is 11.5. The minimum atomic E-state index is -0.318. The number of benzene rings is 2. The molecule has 5 heteroatoms. The smallest absolute Gasteiger partial charge is 0.223 e. The van der Waals surface area contributed by atoms with Gasteiger partial charge in [0.2, 0.25) is 5.91 Å². The normalized spacial score (nSPS) is 28.3.